The number of carbonyl (C=O) groups is 1. The second kappa shape index (κ2) is 5.98. The van der Waals surface area contributed by atoms with Crippen LogP contribution < -0.4 is 0 Å². The monoisotopic (exact) mass is 265 g/mol. The van der Waals surface area contributed by atoms with E-state index in [0.29, 0.717) is 12.6 Å². The Morgan fingerprint density at radius 3 is 2.72 bits per heavy atom. The van der Waals surface area contributed by atoms with E-state index in [9.17, 15) is 4.79 Å². The van der Waals surface area contributed by atoms with Gasteiger partial charge in [0, 0.05) is 10.9 Å². The Hall–Kier alpha value is -0.670. The number of nitrogens with zero attached hydrogens (tertiary/aromatic N) is 1. The summed E-state index contributed by atoms with van der Waals surface area (Å²) >= 11 is 1.61. The van der Waals surface area contributed by atoms with Gasteiger partial charge in [0.25, 0.3) is 0 Å². The summed E-state index contributed by atoms with van der Waals surface area (Å²) in [4.78, 5) is 16.6. The van der Waals surface area contributed by atoms with Crippen LogP contribution in [0.4, 0.5) is 0 Å². The van der Waals surface area contributed by atoms with Gasteiger partial charge in [0.05, 0.1) is 11.4 Å². The molecule has 0 radical (unpaired) electrons. The molecule has 0 amide bonds. The number of hydrogen-bond donors (Lipinski definition) is 0. The van der Waals surface area contributed by atoms with Crippen LogP contribution in [0.2, 0.25) is 0 Å². The number of carbonyl (C=O) groups excluding carboxylic acids is 1. The van der Waals surface area contributed by atoms with E-state index in [0.717, 1.165) is 10.8 Å². The van der Waals surface area contributed by atoms with Crippen molar-refractivity contribution in [2.75, 3.05) is 13.6 Å². The predicted molar refractivity (Wildman–Crippen MR) is 77.4 cm³/mol. The zero-order valence-corrected chi connectivity index (χ0v) is 12.4. The minimum absolute atomic E-state index is 0.272. The molecule has 0 spiro atoms. The minimum atomic E-state index is 0.272. The number of Topliss-reactive ketones (excluding diaryl/α,β-unsaturated/α-hetero) is 1. The molecule has 2 rings (SSSR count). The predicted octanol–water partition coefficient (Wildman–Crippen LogP) is 3.75. The number of hydrogen-bond acceptors (Lipinski definition) is 3. The fraction of sp³-hybridized carbons (Fsp3) is 0.667. The second-order valence-electron chi connectivity index (χ2n) is 5.58. The molecular weight excluding hydrogens is 242 g/mol. The molecule has 0 bridgehead atoms. The molecular formula is C15H23NOS. The van der Waals surface area contributed by atoms with Gasteiger partial charge in [0.1, 0.15) is 0 Å². The highest BCUT2D eigenvalue weighted by Gasteiger charge is 2.26. The van der Waals surface area contributed by atoms with Crippen molar-refractivity contribution >= 4 is 17.1 Å². The SMILES string of the molecule is Cc1ccc(C(=O)CN(C)C2CCCCC2C)s1. The fourth-order valence-electron chi connectivity index (χ4n) is 2.96. The topological polar surface area (TPSA) is 20.3 Å². The lowest BCUT2D eigenvalue weighted by atomic mass is 9.85. The third-order valence-electron chi connectivity index (χ3n) is 4.04. The van der Waals surface area contributed by atoms with Crippen LogP contribution in [0.3, 0.4) is 0 Å². The molecule has 1 aliphatic rings. The third kappa shape index (κ3) is 3.21. The van der Waals surface area contributed by atoms with Gasteiger partial charge in [0.15, 0.2) is 5.78 Å². The molecule has 2 nitrogen and oxygen atoms in total. The molecule has 2 unspecified atom stereocenters. The van der Waals surface area contributed by atoms with Gasteiger partial charge >= 0.3 is 0 Å². The van der Waals surface area contributed by atoms with Crippen molar-refractivity contribution in [3.8, 4) is 0 Å². The van der Waals surface area contributed by atoms with Gasteiger partial charge in [-0.3, -0.25) is 9.69 Å². The first kappa shape index (κ1) is 13.8. The Morgan fingerprint density at radius 1 is 1.39 bits per heavy atom. The van der Waals surface area contributed by atoms with Crippen molar-refractivity contribution in [2.45, 2.75) is 45.6 Å². The number of thiophene rings is 1. The summed E-state index contributed by atoms with van der Waals surface area (Å²) in [5.74, 6) is 0.995. The molecule has 0 N–H and O–H groups in total. The van der Waals surface area contributed by atoms with E-state index < -0.39 is 0 Å². The van der Waals surface area contributed by atoms with Crippen molar-refractivity contribution < 1.29 is 4.79 Å². The first-order chi connectivity index (χ1) is 8.58. The average Bonchev–Trinajstić information content (AvgIpc) is 2.76. The Balaban J connectivity index is 1.94. The molecule has 18 heavy (non-hydrogen) atoms. The molecule has 1 heterocycles. The van der Waals surface area contributed by atoms with E-state index in [1.807, 2.05) is 19.1 Å². The number of ketones is 1. The van der Waals surface area contributed by atoms with Crippen LogP contribution in [0.15, 0.2) is 12.1 Å². The lowest BCUT2D eigenvalue weighted by molar-refractivity contribution is 0.0855. The molecule has 0 aromatic carbocycles. The van der Waals surface area contributed by atoms with E-state index in [2.05, 4.69) is 18.9 Å². The second-order valence-corrected chi connectivity index (χ2v) is 6.87. The summed E-state index contributed by atoms with van der Waals surface area (Å²) in [5, 5.41) is 0. The van der Waals surface area contributed by atoms with E-state index in [1.165, 1.54) is 30.6 Å². The van der Waals surface area contributed by atoms with Gasteiger partial charge in [-0.25, -0.2) is 0 Å². The van der Waals surface area contributed by atoms with Gasteiger partial charge in [-0.05, 0) is 44.9 Å². The van der Waals surface area contributed by atoms with Crippen molar-refractivity contribution in [2.24, 2.45) is 5.92 Å². The van der Waals surface area contributed by atoms with Crippen LogP contribution in [-0.2, 0) is 0 Å². The maximum absolute atomic E-state index is 12.2. The van der Waals surface area contributed by atoms with Gasteiger partial charge in [-0.1, -0.05) is 19.8 Å². The highest BCUT2D eigenvalue weighted by molar-refractivity contribution is 7.14. The van der Waals surface area contributed by atoms with Gasteiger partial charge in [0.2, 0.25) is 0 Å². The fourth-order valence-corrected chi connectivity index (χ4v) is 3.76. The maximum atomic E-state index is 12.2. The maximum Gasteiger partial charge on any atom is 0.186 e. The largest absolute Gasteiger partial charge is 0.296 e. The standard InChI is InChI=1S/C15H23NOS/c1-11-6-4-5-7-13(11)16(3)10-14(17)15-9-8-12(2)18-15/h8-9,11,13H,4-7,10H2,1-3H3. The summed E-state index contributed by atoms with van der Waals surface area (Å²) in [6.07, 6.45) is 5.21. The quantitative estimate of drug-likeness (QED) is 0.773. The first-order valence-corrected chi connectivity index (χ1v) is 7.69. The van der Waals surface area contributed by atoms with E-state index in [4.69, 9.17) is 0 Å². The molecule has 1 saturated carbocycles. The van der Waals surface area contributed by atoms with Crippen molar-refractivity contribution in [1.29, 1.82) is 0 Å². The molecule has 1 aliphatic carbocycles. The molecule has 0 aliphatic heterocycles. The lowest BCUT2D eigenvalue weighted by Crippen LogP contribution is -2.41. The van der Waals surface area contributed by atoms with Crippen LogP contribution in [0.5, 0.6) is 0 Å². The summed E-state index contributed by atoms with van der Waals surface area (Å²) in [5.41, 5.74) is 0. The molecule has 0 saturated heterocycles. The molecule has 2 atom stereocenters. The molecule has 1 fully saturated rings. The summed E-state index contributed by atoms with van der Waals surface area (Å²) in [6, 6.07) is 4.57. The smallest absolute Gasteiger partial charge is 0.186 e. The number of aryl methyl sites for hydroxylation is 1. The van der Waals surface area contributed by atoms with Crippen LogP contribution in [0, 0.1) is 12.8 Å². The van der Waals surface area contributed by atoms with E-state index >= 15 is 0 Å². The van der Waals surface area contributed by atoms with Crippen molar-refractivity contribution in [3.05, 3.63) is 21.9 Å². The summed E-state index contributed by atoms with van der Waals surface area (Å²) in [7, 11) is 2.10. The molecule has 100 valence electrons. The van der Waals surface area contributed by atoms with Gasteiger partial charge in [-0.2, -0.15) is 0 Å². The Morgan fingerprint density at radius 2 is 2.11 bits per heavy atom. The molecule has 1 aromatic rings. The highest BCUT2D eigenvalue weighted by atomic mass is 32.1. The Labute approximate surface area is 114 Å². The van der Waals surface area contributed by atoms with Crippen LogP contribution in [0.1, 0.15) is 47.2 Å². The molecule has 3 heteroatoms. The zero-order valence-electron chi connectivity index (χ0n) is 11.6. The van der Waals surface area contributed by atoms with Crippen LogP contribution in [-0.4, -0.2) is 30.3 Å². The van der Waals surface area contributed by atoms with E-state index in [1.54, 1.807) is 11.3 Å². The van der Waals surface area contributed by atoms with Gasteiger partial charge in [-0.15, -0.1) is 11.3 Å². The zero-order chi connectivity index (χ0) is 13.1. The first-order valence-electron chi connectivity index (χ1n) is 6.88. The van der Waals surface area contributed by atoms with Crippen molar-refractivity contribution in [3.63, 3.8) is 0 Å². The lowest BCUT2D eigenvalue weighted by Gasteiger charge is -2.35. The Kier molecular flexibility index (Phi) is 4.57. The highest BCUT2D eigenvalue weighted by Crippen LogP contribution is 2.27. The summed E-state index contributed by atoms with van der Waals surface area (Å²) in [6.45, 7) is 4.93. The number of likely N-dealkylation sites (N-methyl/N-ethyl adjacent to an activating group) is 1. The van der Waals surface area contributed by atoms with Crippen molar-refractivity contribution in [1.82, 2.24) is 4.90 Å². The number of rotatable bonds is 4. The van der Waals surface area contributed by atoms with E-state index in [-0.39, 0.29) is 5.78 Å². The van der Waals surface area contributed by atoms with Gasteiger partial charge < -0.3 is 0 Å². The third-order valence-corrected chi connectivity index (χ3v) is 5.08. The van der Waals surface area contributed by atoms with Crippen LogP contribution >= 0.6 is 11.3 Å². The summed E-state index contributed by atoms with van der Waals surface area (Å²) < 4.78 is 0. The Bertz CT molecular complexity index is 412. The normalized spacial score (nSPS) is 24.4. The minimum Gasteiger partial charge on any atom is -0.296 e. The average molecular weight is 265 g/mol. The molecule has 1 aromatic heterocycles. The van der Waals surface area contributed by atoms with Crippen LogP contribution in [0.25, 0.3) is 0 Å².